The number of carboxylic acids is 1. The number of carbonyl (C=O) groups is 3. The number of anilines is 1. The summed E-state index contributed by atoms with van der Waals surface area (Å²) in [7, 11) is 0. The number of hydrogen-bond acceptors (Lipinski definition) is 3. The van der Waals surface area contributed by atoms with Gasteiger partial charge in [0.25, 0.3) is 5.91 Å². The minimum atomic E-state index is -1.07. The first-order chi connectivity index (χ1) is 12.0. The molecule has 1 saturated carbocycles. The predicted molar refractivity (Wildman–Crippen MR) is 92.7 cm³/mol. The molecule has 2 amide bonds. The maximum atomic E-state index is 12.2. The van der Waals surface area contributed by atoms with Crippen LogP contribution in [0.2, 0.25) is 0 Å². The molecule has 0 saturated heterocycles. The van der Waals surface area contributed by atoms with Gasteiger partial charge in [-0.25, -0.2) is 4.79 Å². The molecule has 25 heavy (non-hydrogen) atoms. The van der Waals surface area contributed by atoms with Gasteiger partial charge in [-0.1, -0.05) is 24.3 Å². The molecule has 0 atom stereocenters. The van der Waals surface area contributed by atoms with Gasteiger partial charge in [-0.15, -0.1) is 0 Å². The Morgan fingerprint density at radius 3 is 2.52 bits per heavy atom. The molecule has 0 heterocycles. The molecule has 0 radical (unpaired) electrons. The van der Waals surface area contributed by atoms with E-state index >= 15 is 0 Å². The highest BCUT2D eigenvalue weighted by molar-refractivity contribution is 5.98. The van der Waals surface area contributed by atoms with Gasteiger partial charge in [0, 0.05) is 17.3 Å². The smallest absolute Gasteiger partial charge is 0.335 e. The van der Waals surface area contributed by atoms with Crippen molar-refractivity contribution in [2.45, 2.75) is 25.3 Å². The van der Waals surface area contributed by atoms with Gasteiger partial charge in [0.15, 0.2) is 0 Å². The summed E-state index contributed by atoms with van der Waals surface area (Å²) in [5.41, 5.74) is 1.53. The van der Waals surface area contributed by atoms with Crippen LogP contribution >= 0.6 is 0 Å². The zero-order valence-electron chi connectivity index (χ0n) is 13.5. The molecule has 3 N–H and O–H groups in total. The van der Waals surface area contributed by atoms with E-state index in [-0.39, 0.29) is 29.8 Å². The summed E-state index contributed by atoms with van der Waals surface area (Å²) in [5, 5.41) is 14.8. The van der Waals surface area contributed by atoms with E-state index in [2.05, 4.69) is 10.6 Å². The highest BCUT2D eigenvalue weighted by Gasteiger charge is 2.23. The number of benzene rings is 2. The summed E-state index contributed by atoms with van der Waals surface area (Å²) >= 11 is 0. The molecule has 2 aromatic carbocycles. The van der Waals surface area contributed by atoms with E-state index in [1.54, 1.807) is 42.5 Å². The second-order valence-corrected chi connectivity index (χ2v) is 6.02. The third kappa shape index (κ3) is 4.44. The molecular formula is C19H18N2O4. The second kappa shape index (κ2) is 7.17. The molecule has 0 spiro atoms. The van der Waals surface area contributed by atoms with Crippen LogP contribution in [0.3, 0.4) is 0 Å². The topological polar surface area (TPSA) is 95.5 Å². The first-order valence-corrected chi connectivity index (χ1v) is 8.05. The van der Waals surface area contributed by atoms with Gasteiger partial charge >= 0.3 is 5.97 Å². The van der Waals surface area contributed by atoms with Crippen LogP contribution in [-0.4, -0.2) is 28.9 Å². The summed E-state index contributed by atoms with van der Waals surface area (Å²) in [4.78, 5) is 35.5. The second-order valence-electron chi connectivity index (χ2n) is 6.02. The minimum absolute atomic E-state index is 0.0546. The lowest BCUT2D eigenvalue weighted by atomic mass is 10.0. The van der Waals surface area contributed by atoms with Gasteiger partial charge in [0.05, 0.1) is 12.0 Å². The fraction of sp³-hybridized carbons (Fsp3) is 0.211. The van der Waals surface area contributed by atoms with Crippen molar-refractivity contribution in [3.05, 3.63) is 65.2 Å². The van der Waals surface area contributed by atoms with Crippen LogP contribution in [0, 0.1) is 0 Å². The lowest BCUT2D eigenvalue weighted by Gasteiger charge is -2.09. The van der Waals surface area contributed by atoms with E-state index in [1.165, 1.54) is 6.07 Å². The fourth-order valence-corrected chi connectivity index (χ4v) is 2.50. The Kier molecular flexibility index (Phi) is 4.79. The van der Waals surface area contributed by atoms with Gasteiger partial charge in [-0.05, 0) is 42.7 Å². The van der Waals surface area contributed by atoms with Gasteiger partial charge in [-0.2, -0.15) is 0 Å². The summed E-state index contributed by atoms with van der Waals surface area (Å²) in [6, 6.07) is 13.3. The first-order valence-electron chi connectivity index (χ1n) is 8.05. The molecule has 1 aliphatic rings. The van der Waals surface area contributed by atoms with E-state index < -0.39 is 5.97 Å². The van der Waals surface area contributed by atoms with E-state index in [0.29, 0.717) is 16.8 Å². The number of carbonyl (C=O) groups excluding carboxylic acids is 2. The van der Waals surface area contributed by atoms with Crippen LogP contribution in [0.5, 0.6) is 0 Å². The van der Waals surface area contributed by atoms with Crippen molar-refractivity contribution in [2.75, 3.05) is 5.32 Å². The molecule has 0 aliphatic heterocycles. The maximum absolute atomic E-state index is 12.2. The summed E-state index contributed by atoms with van der Waals surface area (Å²) in [5.74, 6) is -1.56. The Balaban J connectivity index is 1.67. The average molecular weight is 338 g/mol. The Labute approximate surface area is 144 Å². The molecular weight excluding hydrogens is 320 g/mol. The number of nitrogens with one attached hydrogen (secondary N) is 2. The SMILES string of the molecule is O=C(Cc1ccccc1C(=O)O)Nc1cccc(C(=O)NC2CC2)c1. The van der Waals surface area contributed by atoms with Crippen molar-refractivity contribution >= 4 is 23.5 Å². The molecule has 0 aromatic heterocycles. The molecule has 128 valence electrons. The van der Waals surface area contributed by atoms with Crippen LogP contribution in [-0.2, 0) is 11.2 Å². The maximum Gasteiger partial charge on any atom is 0.335 e. The van der Waals surface area contributed by atoms with Crippen molar-refractivity contribution in [3.63, 3.8) is 0 Å². The normalized spacial score (nSPS) is 13.1. The van der Waals surface area contributed by atoms with E-state index in [1.807, 2.05) is 0 Å². The predicted octanol–water partition coefficient (Wildman–Crippen LogP) is 2.46. The quantitative estimate of drug-likeness (QED) is 0.754. The van der Waals surface area contributed by atoms with Crippen molar-refractivity contribution in [1.29, 1.82) is 0 Å². The number of carboxylic acid groups (broad SMARTS) is 1. The van der Waals surface area contributed by atoms with Gasteiger partial charge in [0.2, 0.25) is 5.91 Å². The average Bonchev–Trinajstić information content (AvgIpc) is 3.39. The minimum Gasteiger partial charge on any atom is -0.478 e. The summed E-state index contributed by atoms with van der Waals surface area (Å²) in [6.45, 7) is 0. The number of rotatable bonds is 6. The van der Waals surface area contributed by atoms with Crippen molar-refractivity contribution in [1.82, 2.24) is 5.32 Å². The van der Waals surface area contributed by atoms with E-state index in [4.69, 9.17) is 5.11 Å². The summed E-state index contributed by atoms with van der Waals surface area (Å²) in [6.07, 6.45) is 1.96. The van der Waals surface area contributed by atoms with Crippen LogP contribution in [0.15, 0.2) is 48.5 Å². The fourth-order valence-electron chi connectivity index (χ4n) is 2.50. The molecule has 6 heteroatoms. The van der Waals surface area contributed by atoms with Crippen LogP contribution in [0.25, 0.3) is 0 Å². The zero-order chi connectivity index (χ0) is 17.8. The molecule has 0 bridgehead atoms. The summed E-state index contributed by atoms with van der Waals surface area (Å²) < 4.78 is 0. The molecule has 2 aromatic rings. The molecule has 1 aliphatic carbocycles. The van der Waals surface area contributed by atoms with Crippen LogP contribution in [0.4, 0.5) is 5.69 Å². The van der Waals surface area contributed by atoms with Crippen molar-refractivity contribution in [2.24, 2.45) is 0 Å². The Bertz CT molecular complexity index is 828. The van der Waals surface area contributed by atoms with Crippen LogP contribution in [0.1, 0.15) is 39.1 Å². The Morgan fingerprint density at radius 2 is 1.80 bits per heavy atom. The first kappa shape index (κ1) is 16.7. The van der Waals surface area contributed by atoms with Gasteiger partial charge < -0.3 is 15.7 Å². The van der Waals surface area contributed by atoms with Gasteiger partial charge in [0.1, 0.15) is 0 Å². The van der Waals surface area contributed by atoms with E-state index in [9.17, 15) is 14.4 Å². The molecule has 3 rings (SSSR count). The zero-order valence-corrected chi connectivity index (χ0v) is 13.5. The Hall–Kier alpha value is -3.15. The van der Waals surface area contributed by atoms with Crippen molar-refractivity contribution in [3.8, 4) is 0 Å². The Morgan fingerprint density at radius 1 is 1.04 bits per heavy atom. The molecule has 1 fully saturated rings. The highest BCUT2D eigenvalue weighted by Crippen LogP contribution is 2.20. The van der Waals surface area contributed by atoms with Crippen molar-refractivity contribution < 1.29 is 19.5 Å². The monoisotopic (exact) mass is 338 g/mol. The van der Waals surface area contributed by atoms with E-state index in [0.717, 1.165) is 12.8 Å². The highest BCUT2D eigenvalue weighted by atomic mass is 16.4. The lowest BCUT2D eigenvalue weighted by Crippen LogP contribution is -2.25. The van der Waals surface area contributed by atoms with Gasteiger partial charge in [-0.3, -0.25) is 9.59 Å². The lowest BCUT2D eigenvalue weighted by molar-refractivity contribution is -0.115. The number of hydrogen-bond donors (Lipinski definition) is 3. The molecule has 6 nitrogen and oxygen atoms in total. The molecule has 0 unspecified atom stereocenters. The number of aromatic carboxylic acids is 1. The van der Waals surface area contributed by atoms with Crippen LogP contribution < -0.4 is 10.6 Å². The third-order valence-electron chi connectivity index (χ3n) is 3.92. The number of amides is 2. The largest absolute Gasteiger partial charge is 0.478 e. The standard InChI is InChI=1S/C19H18N2O4/c22-17(11-12-4-1-2-7-16(12)19(24)25)20-15-6-3-5-13(10-15)18(23)21-14-8-9-14/h1-7,10,14H,8-9,11H2,(H,20,22)(H,21,23)(H,24,25). The third-order valence-corrected chi connectivity index (χ3v) is 3.92.